The Hall–Kier alpha value is -2.71. The maximum absolute atomic E-state index is 11.9. The van der Waals surface area contributed by atoms with Crippen molar-refractivity contribution in [2.24, 2.45) is 5.10 Å². The molecule has 0 bridgehead atoms. The highest BCUT2D eigenvalue weighted by molar-refractivity contribution is 6.02. The predicted octanol–water partition coefficient (Wildman–Crippen LogP) is 1.19. The van der Waals surface area contributed by atoms with Crippen molar-refractivity contribution >= 4 is 24.0 Å². The molecule has 0 unspecified atom stereocenters. The van der Waals surface area contributed by atoms with Gasteiger partial charge >= 0.3 is 11.9 Å². The van der Waals surface area contributed by atoms with E-state index in [1.807, 2.05) is 0 Å². The van der Waals surface area contributed by atoms with Gasteiger partial charge in [0.05, 0.1) is 12.3 Å². The molecule has 20 heavy (non-hydrogen) atoms. The van der Waals surface area contributed by atoms with Crippen LogP contribution < -0.4 is 0 Å². The van der Waals surface area contributed by atoms with Gasteiger partial charge in [-0.05, 0) is 19.9 Å². The molecule has 9 heteroatoms. The third-order valence-electron chi connectivity index (χ3n) is 2.61. The second-order valence-corrected chi connectivity index (χ2v) is 4.38. The summed E-state index contributed by atoms with van der Waals surface area (Å²) >= 11 is 0. The Morgan fingerprint density at radius 1 is 1.45 bits per heavy atom. The number of urea groups is 1. The number of imide groups is 1. The average Bonchev–Trinajstić information content (AvgIpc) is 2.92. The van der Waals surface area contributed by atoms with Crippen LogP contribution in [0.1, 0.15) is 19.6 Å². The molecule has 1 fully saturated rings. The third-order valence-corrected chi connectivity index (χ3v) is 2.61. The van der Waals surface area contributed by atoms with Gasteiger partial charge < -0.3 is 4.42 Å². The fourth-order valence-electron chi connectivity index (χ4n) is 1.74. The maximum Gasteiger partial charge on any atom is 0.433 e. The van der Waals surface area contributed by atoms with E-state index in [0.29, 0.717) is 0 Å². The molecule has 2 rings (SSSR count). The summed E-state index contributed by atoms with van der Waals surface area (Å²) in [5, 5.41) is 15.2. The minimum absolute atomic E-state index is 0.125. The van der Waals surface area contributed by atoms with Gasteiger partial charge in [0.2, 0.25) is 0 Å². The highest BCUT2D eigenvalue weighted by atomic mass is 16.6. The zero-order valence-corrected chi connectivity index (χ0v) is 10.8. The van der Waals surface area contributed by atoms with Crippen molar-refractivity contribution in [1.29, 1.82) is 0 Å². The summed E-state index contributed by atoms with van der Waals surface area (Å²) in [5.74, 6) is -0.633. The molecule has 0 N–H and O–H groups in total. The quantitative estimate of drug-likeness (QED) is 0.356. The first-order valence-corrected chi connectivity index (χ1v) is 5.82. The summed E-state index contributed by atoms with van der Waals surface area (Å²) in [7, 11) is 0. The monoisotopic (exact) mass is 280 g/mol. The van der Waals surface area contributed by atoms with Crippen molar-refractivity contribution in [1.82, 2.24) is 9.91 Å². The smallest absolute Gasteiger partial charge is 0.400 e. The van der Waals surface area contributed by atoms with Gasteiger partial charge in [0.15, 0.2) is 5.76 Å². The van der Waals surface area contributed by atoms with E-state index in [4.69, 9.17) is 4.42 Å². The highest BCUT2D eigenvalue weighted by Crippen LogP contribution is 2.16. The first-order chi connectivity index (χ1) is 9.40. The standard InChI is InChI=1S/C11H12N4O5/c1-7(2)14-9(16)6-13(11(14)17)12-5-8-3-4-10(20-8)15(18)19/h3-5,7H,6H2,1-2H3/b12-5+. The number of carbonyl (C=O) groups excluding carboxylic acids is 2. The van der Waals surface area contributed by atoms with Crippen molar-refractivity contribution in [3.05, 3.63) is 28.0 Å². The van der Waals surface area contributed by atoms with E-state index >= 15 is 0 Å². The summed E-state index contributed by atoms with van der Waals surface area (Å²) in [6, 6.07) is 1.75. The summed E-state index contributed by atoms with van der Waals surface area (Å²) in [5.41, 5.74) is 0. The highest BCUT2D eigenvalue weighted by Gasteiger charge is 2.37. The van der Waals surface area contributed by atoms with Gasteiger partial charge in [-0.1, -0.05) is 0 Å². The molecule has 2 heterocycles. The Balaban J connectivity index is 2.10. The van der Waals surface area contributed by atoms with Crippen molar-refractivity contribution in [2.45, 2.75) is 19.9 Å². The van der Waals surface area contributed by atoms with E-state index in [0.717, 1.165) is 16.1 Å². The van der Waals surface area contributed by atoms with E-state index in [1.54, 1.807) is 13.8 Å². The molecular formula is C11H12N4O5. The minimum atomic E-state index is -0.678. The van der Waals surface area contributed by atoms with E-state index in [2.05, 4.69) is 5.10 Å². The number of hydrazone groups is 1. The SMILES string of the molecule is CC(C)N1C(=O)CN(/N=C/c2ccc([N+](=O)[O-])o2)C1=O. The molecule has 1 aliphatic heterocycles. The van der Waals surface area contributed by atoms with E-state index in [-0.39, 0.29) is 24.3 Å². The Morgan fingerprint density at radius 3 is 2.65 bits per heavy atom. The lowest BCUT2D eigenvalue weighted by Gasteiger charge is -2.17. The number of amides is 3. The van der Waals surface area contributed by atoms with Crippen molar-refractivity contribution in [3.8, 4) is 0 Å². The largest absolute Gasteiger partial charge is 0.433 e. The number of furan rings is 1. The van der Waals surface area contributed by atoms with E-state index < -0.39 is 16.8 Å². The van der Waals surface area contributed by atoms with Crippen molar-refractivity contribution in [2.75, 3.05) is 6.54 Å². The van der Waals surface area contributed by atoms with Gasteiger partial charge in [0.1, 0.15) is 11.5 Å². The van der Waals surface area contributed by atoms with Gasteiger partial charge in [0, 0.05) is 6.04 Å². The molecule has 0 saturated carbocycles. The molecule has 1 saturated heterocycles. The van der Waals surface area contributed by atoms with Gasteiger partial charge in [-0.25, -0.2) is 9.80 Å². The lowest BCUT2D eigenvalue weighted by atomic mass is 10.3. The molecule has 0 radical (unpaired) electrons. The zero-order chi connectivity index (χ0) is 14.9. The van der Waals surface area contributed by atoms with Gasteiger partial charge in [0.25, 0.3) is 5.91 Å². The second-order valence-electron chi connectivity index (χ2n) is 4.38. The molecule has 0 spiro atoms. The predicted molar refractivity (Wildman–Crippen MR) is 67.0 cm³/mol. The Bertz CT molecular complexity index is 591. The van der Waals surface area contributed by atoms with Crippen LogP contribution in [0.4, 0.5) is 10.7 Å². The average molecular weight is 280 g/mol. The normalized spacial score (nSPS) is 15.9. The molecule has 0 atom stereocenters. The number of nitro groups is 1. The van der Waals surface area contributed by atoms with Crippen LogP contribution in [0, 0.1) is 10.1 Å². The van der Waals surface area contributed by atoms with Crippen LogP contribution in [0.5, 0.6) is 0 Å². The van der Waals surface area contributed by atoms with Crippen LogP contribution in [-0.2, 0) is 4.79 Å². The van der Waals surface area contributed by atoms with Crippen LogP contribution >= 0.6 is 0 Å². The minimum Gasteiger partial charge on any atom is -0.400 e. The van der Waals surface area contributed by atoms with Gasteiger partial charge in [-0.3, -0.25) is 19.8 Å². The van der Waals surface area contributed by atoms with Crippen molar-refractivity contribution < 1.29 is 18.9 Å². The Labute approximate surface area is 113 Å². The Morgan fingerprint density at radius 2 is 2.15 bits per heavy atom. The molecule has 0 aromatic carbocycles. The summed E-state index contributed by atoms with van der Waals surface area (Å²) < 4.78 is 4.86. The fraction of sp³-hybridized carbons (Fsp3) is 0.364. The van der Waals surface area contributed by atoms with Crippen LogP contribution in [0.15, 0.2) is 21.7 Å². The summed E-state index contributed by atoms with van der Waals surface area (Å²) in [4.78, 5) is 34.3. The third kappa shape index (κ3) is 2.51. The molecule has 0 aliphatic carbocycles. The van der Waals surface area contributed by atoms with Crippen LogP contribution in [0.3, 0.4) is 0 Å². The van der Waals surface area contributed by atoms with Gasteiger partial charge in [-0.15, -0.1) is 0 Å². The van der Waals surface area contributed by atoms with Crippen LogP contribution in [0.25, 0.3) is 0 Å². The number of hydrogen-bond donors (Lipinski definition) is 0. The molecule has 106 valence electrons. The van der Waals surface area contributed by atoms with Crippen LogP contribution in [-0.4, -0.2) is 45.6 Å². The van der Waals surface area contributed by atoms with Crippen LogP contribution in [0.2, 0.25) is 0 Å². The van der Waals surface area contributed by atoms with E-state index in [1.165, 1.54) is 12.1 Å². The number of carbonyl (C=O) groups is 2. The van der Waals surface area contributed by atoms with E-state index in [9.17, 15) is 19.7 Å². The zero-order valence-electron chi connectivity index (χ0n) is 10.8. The maximum atomic E-state index is 11.9. The van der Waals surface area contributed by atoms with Crippen molar-refractivity contribution in [3.63, 3.8) is 0 Å². The number of rotatable bonds is 4. The topological polar surface area (TPSA) is 109 Å². The lowest BCUT2D eigenvalue weighted by Crippen LogP contribution is -2.37. The first-order valence-electron chi connectivity index (χ1n) is 5.82. The summed E-state index contributed by atoms with van der Waals surface area (Å²) in [6.45, 7) is 3.29. The Kier molecular flexibility index (Phi) is 3.51. The molecule has 3 amide bonds. The fourth-order valence-corrected chi connectivity index (χ4v) is 1.74. The van der Waals surface area contributed by atoms with Gasteiger partial charge in [-0.2, -0.15) is 5.10 Å². The molecule has 1 aromatic heterocycles. The molecule has 9 nitrogen and oxygen atoms in total. The number of nitrogens with zero attached hydrogens (tertiary/aromatic N) is 4. The molecule has 1 aliphatic rings. The summed E-state index contributed by atoms with van der Waals surface area (Å²) in [6.07, 6.45) is 1.15. The molecule has 1 aromatic rings. The lowest BCUT2D eigenvalue weighted by molar-refractivity contribution is -0.402. The second kappa shape index (κ2) is 5.11. The first kappa shape index (κ1) is 13.7. The molecular weight excluding hydrogens is 268 g/mol. The number of hydrogen-bond acceptors (Lipinski definition) is 6.